The van der Waals surface area contributed by atoms with Gasteiger partial charge in [0.25, 0.3) is 0 Å². The van der Waals surface area contributed by atoms with E-state index in [4.69, 9.17) is 16.5 Å². The number of nitrogens with one attached hydrogen (secondary N) is 1. The minimum Gasteiger partial charge on any atom is -0.368 e. The first kappa shape index (κ1) is 20.7. The van der Waals surface area contributed by atoms with E-state index >= 15 is 0 Å². The van der Waals surface area contributed by atoms with E-state index in [0.717, 1.165) is 27.9 Å². The predicted octanol–water partition coefficient (Wildman–Crippen LogP) is 4.39. The van der Waals surface area contributed by atoms with Gasteiger partial charge in [-0.15, -0.1) is 0 Å². The molecular weight excluding hydrogens is 389 g/mol. The predicted molar refractivity (Wildman–Crippen MR) is 123 cm³/mol. The third-order valence-corrected chi connectivity index (χ3v) is 5.17. The molecule has 0 aliphatic heterocycles. The maximum atomic E-state index is 13.4. The summed E-state index contributed by atoms with van der Waals surface area (Å²) in [4.78, 5) is 8.91. The van der Waals surface area contributed by atoms with Gasteiger partial charge >= 0.3 is 0 Å². The minimum absolute atomic E-state index is 0.274. The van der Waals surface area contributed by atoms with Gasteiger partial charge in [0.15, 0.2) is 0 Å². The van der Waals surface area contributed by atoms with Crippen molar-refractivity contribution in [2.75, 3.05) is 11.9 Å². The lowest BCUT2D eigenvalue weighted by Crippen LogP contribution is -2.39. The summed E-state index contributed by atoms with van der Waals surface area (Å²) in [6.45, 7) is 0.467. The van der Waals surface area contributed by atoms with Gasteiger partial charge in [-0.05, 0) is 47.5 Å². The highest BCUT2D eigenvalue weighted by Crippen LogP contribution is 2.31. The van der Waals surface area contributed by atoms with Crippen molar-refractivity contribution < 1.29 is 4.39 Å². The van der Waals surface area contributed by atoms with Crippen LogP contribution in [0.15, 0.2) is 91.3 Å². The van der Waals surface area contributed by atoms with Gasteiger partial charge < -0.3 is 16.8 Å². The number of aromatic nitrogens is 2. The standard InChI is InChI=1S/C25H24FN5/c26-20-8-6-17(7-9-20)21-10-11-23(31-25(21)19-12-14-29-15-13-19)30-16-22(27)24(28)18-4-2-1-3-5-18/h1-15,22,24H,16,27-28H2,(H,30,31)/t22-,24+/m1/s1. The fourth-order valence-corrected chi connectivity index (χ4v) is 3.42. The van der Waals surface area contributed by atoms with Gasteiger partial charge in [-0.1, -0.05) is 42.5 Å². The van der Waals surface area contributed by atoms with Crippen LogP contribution in [-0.2, 0) is 0 Å². The Morgan fingerprint density at radius 3 is 2.23 bits per heavy atom. The van der Waals surface area contributed by atoms with Gasteiger partial charge in [-0.3, -0.25) is 4.98 Å². The summed E-state index contributed by atoms with van der Waals surface area (Å²) in [6, 6.07) is 23.3. The summed E-state index contributed by atoms with van der Waals surface area (Å²) in [6.07, 6.45) is 3.45. The molecule has 6 heteroatoms. The van der Waals surface area contributed by atoms with Gasteiger partial charge in [0, 0.05) is 42.1 Å². The van der Waals surface area contributed by atoms with Crippen molar-refractivity contribution in [2.45, 2.75) is 12.1 Å². The number of halogens is 1. The van der Waals surface area contributed by atoms with Crippen LogP contribution >= 0.6 is 0 Å². The first-order chi connectivity index (χ1) is 15.1. The molecule has 0 aliphatic rings. The van der Waals surface area contributed by atoms with Gasteiger partial charge in [0.05, 0.1) is 5.69 Å². The van der Waals surface area contributed by atoms with Crippen molar-refractivity contribution in [2.24, 2.45) is 11.5 Å². The van der Waals surface area contributed by atoms with Crippen molar-refractivity contribution >= 4 is 5.82 Å². The number of pyridine rings is 2. The van der Waals surface area contributed by atoms with Crippen LogP contribution < -0.4 is 16.8 Å². The number of nitrogens with two attached hydrogens (primary N) is 2. The van der Waals surface area contributed by atoms with Crippen LogP contribution in [-0.4, -0.2) is 22.6 Å². The zero-order valence-corrected chi connectivity index (χ0v) is 16.9. The maximum absolute atomic E-state index is 13.4. The lowest BCUT2D eigenvalue weighted by atomic mass is 9.99. The molecule has 156 valence electrons. The highest BCUT2D eigenvalue weighted by atomic mass is 19.1. The summed E-state index contributed by atoms with van der Waals surface area (Å²) in [5, 5.41) is 3.30. The second-order valence-corrected chi connectivity index (χ2v) is 7.32. The Bertz CT molecular complexity index is 1120. The van der Waals surface area contributed by atoms with Crippen LogP contribution in [0.4, 0.5) is 10.2 Å². The average molecular weight is 414 g/mol. The normalized spacial score (nSPS) is 12.9. The third kappa shape index (κ3) is 4.94. The molecule has 4 rings (SSSR count). The second kappa shape index (κ2) is 9.47. The molecule has 2 atom stereocenters. The summed E-state index contributed by atoms with van der Waals surface area (Å²) < 4.78 is 13.4. The first-order valence-corrected chi connectivity index (χ1v) is 10.1. The van der Waals surface area contributed by atoms with E-state index in [1.807, 2.05) is 54.6 Å². The van der Waals surface area contributed by atoms with Crippen LogP contribution in [0, 0.1) is 5.82 Å². The molecule has 5 nitrogen and oxygen atoms in total. The van der Waals surface area contributed by atoms with E-state index in [9.17, 15) is 4.39 Å². The SMILES string of the molecule is N[C@H](CNc1ccc(-c2ccc(F)cc2)c(-c2ccncc2)n1)[C@@H](N)c1ccccc1. The van der Waals surface area contributed by atoms with Gasteiger partial charge in [0.1, 0.15) is 11.6 Å². The molecule has 2 aromatic heterocycles. The van der Waals surface area contributed by atoms with Crippen LogP contribution in [0.5, 0.6) is 0 Å². The van der Waals surface area contributed by atoms with Crippen LogP contribution in [0.25, 0.3) is 22.4 Å². The number of anilines is 1. The van der Waals surface area contributed by atoms with E-state index < -0.39 is 0 Å². The van der Waals surface area contributed by atoms with E-state index in [2.05, 4.69) is 10.3 Å². The molecule has 4 aromatic rings. The molecule has 0 spiro atoms. The third-order valence-electron chi connectivity index (χ3n) is 5.17. The van der Waals surface area contributed by atoms with E-state index in [0.29, 0.717) is 12.4 Å². The molecule has 31 heavy (non-hydrogen) atoms. The molecule has 0 fully saturated rings. The molecular formula is C25H24FN5. The molecule has 2 heterocycles. The first-order valence-electron chi connectivity index (χ1n) is 10.1. The number of nitrogens with zero attached hydrogens (tertiary/aromatic N) is 2. The van der Waals surface area contributed by atoms with Crippen LogP contribution in [0.3, 0.4) is 0 Å². The Kier molecular flexibility index (Phi) is 6.31. The minimum atomic E-state index is -0.287. The lowest BCUT2D eigenvalue weighted by molar-refractivity contribution is 0.567. The van der Waals surface area contributed by atoms with Crippen molar-refractivity contribution in [3.8, 4) is 22.4 Å². The van der Waals surface area contributed by atoms with Crippen molar-refractivity contribution in [1.82, 2.24) is 9.97 Å². The summed E-state index contributed by atoms with van der Waals surface area (Å²) in [5.74, 6) is 0.414. The fraction of sp³-hybridized carbons (Fsp3) is 0.120. The maximum Gasteiger partial charge on any atom is 0.126 e. The lowest BCUT2D eigenvalue weighted by Gasteiger charge is -2.21. The molecule has 0 unspecified atom stereocenters. The second-order valence-electron chi connectivity index (χ2n) is 7.32. The zero-order chi connectivity index (χ0) is 21.6. The molecule has 0 radical (unpaired) electrons. The Morgan fingerprint density at radius 2 is 1.52 bits per heavy atom. The molecule has 0 saturated heterocycles. The van der Waals surface area contributed by atoms with E-state index in [-0.39, 0.29) is 17.9 Å². The quantitative estimate of drug-likeness (QED) is 0.418. The van der Waals surface area contributed by atoms with Gasteiger partial charge in [0.2, 0.25) is 0 Å². The summed E-state index contributed by atoms with van der Waals surface area (Å²) >= 11 is 0. The Balaban J connectivity index is 1.58. The Morgan fingerprint density at radius 1 is 0.806 bits per heavy atom. The Hall–Kier alpha value is -3.61. The molecule has 0 amide bonds. The Labute approximate surface area is 181 Å². The monoisotopic (exact) mass is 413 g/mol. The van der Waals surface area contributed by atoms with Crippen molar-refractivity contribution in [3.05, 3.63) is 103 Å². The van der Waals surface area contributed by atoms with E-state index in [1.54, 1.807) is 24.5 Å². The number of hydrogen-bond donors (Lipinski definition) is 3. The number of rotatable bonds is 7. The highest BCUT2D eigenvalue weighted by Gasteiger charge is 2.16. The largest absolute Gasteiger partial charge is 0.368 e. The molecule has 5 N–H and O–H groups in total. The van der Waals surface area contributed by atoms with Crippen molar-refractivity contribution in [1.29, 1.82) is 0 Å². The zero-order valence-electron chi connectivity index (χ0n) is 16.9. The van der Waals surface area contributed by atoms with Crippen LogP contribution in [0.2, 0.25) is 0 Å². The van der Waals surface area contributed by atoms with Gasteiger partial charge in [-0.2, -0.15) is 0 Å². The number of hydrogen-bond acceptors (Lipinski definition) is 5. The fourth-order valence-electron chi connectivity index (χ4n) is 3.42. The highest BCUT2D eigenvalue weighted by molar-refractivity contribution is 5.81. The number of benzene rings is 2. The summed E-state index contributed by atoms with van der Waals surface area (Å²) in [7, 11) is 0. The average Bonchev–Trinajstić information content (AvgIpc) is 2.83. The molecule has 2 aromatic carbocycles. The molecule has 0 saturated carbocycles. The van der Waals surface area contributed by atoms with E-state index in [1.165, 1.54) is 12.1 Å². The van der Waals surface area contributed by atoms with Crippen molar-refractivity contribution in [3.63, 3.8) is 0 Å². The van der Waals surface area contributed by atoms with Gasteiger partial charge in [-0.25, -0.2) is 9.37 Å². The smallest absolute Gasteiger partial charge is 0.126 e. The summed E-state index contributed by atoms with van der Waals surface area (Å²) in [5.41, 5.74) is 17.1. The topological polar surface area (TPSA) is 89.8 Å². The van der Waals surface area contributed by atoms with Crippen LogP contribution in [0.1, 0.15) is 11.6 Å². The molecule has 0 bridgehead atoms. The molecule has 0 aliphatic carbocycles.